The van der Waals surface area contributed by atoms with E-state index in [1.54, 1.807) is 30.0 Å². The van der Waals surface area contributed by atoms with Gasteiger partial charge >= 0.3 is 0 Å². The number of rotatable bonds is 6. The van der Waals surface area contributed by atoms with Crippen LogP contribution in [0, 0.1) is 17.0 Å². The normalized spacial score (nSPS) is 10.1. The molecule has 1 rings (SSSR count). The highest BCUT2D eigenvalue weighted by Crippen LogP contribution is 2.27. The van der Waals surface area contributed by atoms with Crippen molar-refractivity contribution < 1.29 is 9.72 Å². The van der Waals surface area contributed by atoms with Gasteiger partial charge in [-0.1, -0.05) is 12.1 Å². The minimum atomic E-state index is -0.431. The molecule has 0 atom stereocenters. The lowest BCUT2D eigenvalue weighted by Crippen LogP contribution is -2.35. The molecule has 0 aliphatic rings. The van der Waals surface area contributed by atoms with Gasteiger partial charge in [-0.25, -0.2) is 0 Å². The van der Waals surface area contributed by atoms with E-state index in [1.165, 1.54) is 0 Å². The number of likely N-dealkylation sites (N-methyl/N-ethyl adjacent to an activating group) is 1. The largest absolute Gasteiger partial charge is 0.371 e. The third-order valence-corrected chi connectivity index (χ3v) is 2.97. The summed E-state index contributed by atoms with van der Waals surface area (Å²) in [5.41, 5.74) is 0.977. The molecule has 0 bridgehead atoms. The number of para-hydroxylation sites is 1. The van der Waals surface area contributed by atoms with Gasteiger partial charge in [0.1, 0.15) is 5.69 Å². The summed E-state index contributed by atoms with van der Waals surface area (Å²) in [5.74, 6) is -0.0687. The van der Waals surface area contributed by atoms with Gasteiger partial charge in [0.05, 0.1) is 11.5 Å². The summed E-state index contributed by atoms with van der Waals surface area (Å²) in [6.07, 6.45) is 0. The Morgan fingerprint density at radius 1 is 1.37 bits per heavy atom. The van der Waals surface area contributed by atoms with Crippen LogP contribution in [-0.4, -0.2) is 35.4 Å². The summed E-state index contributed by atoms with van der Waals surface area (Å²) in [4.78, 5) is 24.1. The van der Waals surface area contributed by atoms with E-state index in [4.69, 9.17) is 0 Å². The van der Waals surface area contributed by atoms with E-state index in [-0.39, 0.29) is 18.1 Å². The highest BCUT2D eigenvalue weighted by Gasteiger charge is 2.18. The Labute approximate surface area is 112 Å². The molecule has 1 amide bonds. The van der Waals surface area contributed by atoms with Crippen LogP contribution < -0.4 is 5.32 Å². The van der Waals surface area contributed by atoms with E-state index >= 15 is 0 Å². The topological polar surface area (TPSA) is 75.5 Å². The maximum absolute atomic E-state index is 11.8. The number of nitrogens with zero attached hydrogens (tertiary/aromatic N) is 2. The number of nitro benzene ring substituents is 1. The van der Waals surface area contributed by atoms with E-state index in [0.717, 1.165) is 0 Å². The molecule has 0 heterocycles. The van der Waals surface area contributed by atoms with Gasteiger partial charge in [-0.05, 0) is 26.8 Å². The average molecular weight is 265 g/mol. The van der Waals surface area contributed by atoms with Crippen molar-refractivity contribution in [1.82, 2.24) is 4.90 Å². The molecule has 0 aromatic heterocycles. The molecule has 0 spiro atoms. The molecule has 0 radical (unpaired) electrons. The number of nitro groups is 1. The molecular formula is C13H19N3O3. The maximum Gasteiger partial charge on any atom is 0.295 e. The lowest BCUT2D eigenvalue weighted by Gasteiger charge is -2.19. The number of hydrogen-bond donors (Lipinski definition) is 1. The first-order valence-electron chi connectivity index (χ1n) is 6.26. The fourth-order valence-corrected chi connectivity index (χ4v) is 1.90. The van der Waals surface area contributed by atoms with E-state index in [9.17, 15) is 14.9 Å². The number of anilines is 1. The van der Waals surface area contributed by atoms with Crippen LogP contribution in [0.1, 0.15) is 19.4 Å². The van der Waals surface area contributed by atoms with Crippen LogP contribution in [0.15, 0.2) is 18.2 Å². The molecule has 0 saturated heterocycles. The van der Waals surface area contributed by atoms with Gasteiger partial charge in [0, 0.05) is 18.7 Å². The molecule has 0 fully saturated rings. The Balaban J connectivity index is 2.81. The Kier molecular flexibility index (Phi) is 5.29. The first-order chi connectivity index (χ1) is 9.01. The summed E-state index contributed by atoms with van der Waals surface area (Å²) in [6, 6.07) is 5.02. The fourth-order valence-electron chi connectivity index (χ4n) is 1.90. The van der Waals surface area contributed by atoms with Crippen LogP contribution in [0.3, 0.4) is 0 Å². The molecule has 6 heteroatoms. The summed E-state index contributed by atoms with van der Waals surface area (Å²) >= 11 is 0. The lowest BCUT2D eigenvalue weighted by molar-refractivity contribution is -0.384. The molecule has 1 aromatic rings. The van der Waals surface area contributed by atoms with Crippen LogP contribution in [0.25, 0.3) is 0 Å². The van der Waals surface area contributed by atoms with Gasteiger partial charge in [0.2, 0.25) is 5.91 Å². The lowest BCUT2D eigenvalue weighted by atomic mass is 10.1. The third-order valence-electron chi connectivity index (χ3n) is 2.97. The molecule has 1 aromatic carbocycles. The summed E-state index contributed by atoms with van der Waals surface area (Å²) in [7, 11) is 0. The standard InChI is InChI=1S/C13H19N3O3/c1-4-15(5-2)12(17)9-14-11-8-6-7-10(3)13(11)16(18)19/h6-8,14H,4-5,9H2,1-3H3. The molecule has 0 saturated carbocycles. The highest BCUT2D eigenvalue weighted by molar-refractivity contribution is 5.82. The van der Waals surface area contributed by atoms with Crippen molar-refractivity contribution in [1.29, 1.82) is 0 Å². The number of amides is 1. The van der Waals surface area contributed by atoms with Crippen LogP contribution in [0.2, 0.25) is 0 Å². The number of hydrogen-bond acceptors (Lipinski definition) is 4. The van der Waals surface area contributed by atoms with Crippen molar-refractivity contribution in [3.8, 4) is 0 Å². The van der Waals surface area contributed by atoms with E-state index in [0.29, 0.717) is 24.3 Å². The Hall–Kier alpha value is -2.11. The number of aryl methyl sites for hydroxylation is 1. The van der Waals surface area contributed by atoms with E-state index < -0.39 is 4.92 Å². The predicted molar refractivity (Wildman–Crippen MR) is 74.3 cm³/mol. The van der Waals surface area contributed by atoms with Crippen LogP contribution >= 0.6 is 0 Å². The molecular weight excluding hydrogens is 246 g/mol. The second-order valence-electron chi connectivity index (χ2n) is 4.15. The smallest absolute Gasteiger partial charge is 0.295 e. The Bertz CT molecular complexity index is 470. The first-order valence-corrected chi connectivity index (χ1v) is 6.26. The first kappa shape index (κ1) is 14.9. The summed E-state index contributed by atoms with van der Waals surface area (Å²) in [5, 5.41) is 13.9. The fraction of sp³-hybridized carbons (Fsp3) is 0.462. The molecule has 0 unspecified atom stereocenters. The van der Waals surface area contributed by atoms with Gasteiger partial charge in [-0.15, -0.1) is 0 Å². The molecule has 6 nitrogen and oxygen atoms in total. The van der Waals surface area contributed by atoms with Crippen molar-refractivity contribution in [2.24, 2.45) is 0 Å². The average Bonchev–Trinajstić information content (AvgIpc) is 2.37. The van der Waals surface area contributed by atoms with Crippen LogP contribution in [-0.2, 0) is 4.79 Å². The minimum absolute atomic E-state index is 0.0230. The Morgan fingerprint density at radius 2 is 2.00 bits per heavy atom. The number of nitrogens with one attached hydrogen (secondary N) is 1. The predicted octanol–water partition coefficient (Wildman–Crippen LogP) is 2.18. The molecule has 19 heavy (non-hydrogen) atoms. The highest BCUT2D eigenvalue weighted by atomic mass is 16.6. The zero-order chi connectivity index (χ0) is 14.4. The van der Waals surface area contributed by atoms with Crippen LogP contribution in [0.4, 0.5) is 11.4 Å². The molecule has 1 N–H and O–H groups in total. The molecule has 104 valence electrons. The van der Waals surface area contributed by atoms with Gasteiger partial charge < -0.3 is 10.2 Å². The number of carbonyl (C=O) groups excluding carboxylic acids is 1. The second kappa shape index (κ2) is 6.72. The number of carbonyl (C=O) groups is 1. The van der Waals surface area contributed by atoms with Crippen LogP contribution in [0.5, 0.6) is 0 Å². The summed E-state index contributed by atoms with van der Waals surface area (Å²) < 4.78 is 0. The van der Waals surface area contributed by atoms with E-state index in [1.807, 2.05) is 13.8 Å². The van der Waals surface area contributed by atoms with Crippen molar-refractivity contribution in [3.05, 3.63) is 33.9 Å². The van der Waals surface area contributed by atoms with Crippen molar-refractivity contribution in [3.63, 3.8) is 0 Å². The van der Waals surface area contributed by atoms with Crippen molar-refractivity contribution in [2.45, 2.75) is 20.8 Å². The van der Waals surface area contributed by atoms with Gasteiger partial charge in [0.15, 0.2) is 0 Å². The van der Waals surface area contributed by atoms with Gasteiger partial charge in [-0.2, -0.15) is 0 Å². The summed E-state index contributed by atoms with van der Waals surface area (Å²) in [6.45, 7) is 6.80. The monoisotopic (exact) mass is 265 g/mol. The van der Waals surface area contributed by atoms with Crippen molar-refractivity contribution in [2.75, 3.05) is 25.0 Å². The zero-order valence-electron chi connectivity index (χ0n) is 11.5. The number of benzene rings is 1. The Morgan fingerprint density at radius 3 is 2.53 bits per heavy atom. The van der Waals surface area contributed by atoms with Gasteiger partial charge in [-0.3, -0.25) is 14.9 Å². The third kappa shape index (κ3) is 3.67. The van der Waals surface area contributed by atoms with Gasteiger partial charge in [0.25, 0.3) is 5.69 Å². The zero-order valence-corrected chi connectivity index (χ0v) is 11.5. The molecule has 0 aliphatic carbocycles. The second-order valence-corrected chi connectivity index (χ2v) is 4.15. The van der Waals surface area contributed by atoms with E-state index in [2.05, 4.69) is 5.32 Å². The molecule has 0 aliphatic heterocycles. The van der Waals surface area contributed by atoms with Crippen molar-refractivity contribution >= 4 is 17.3 Å². The minimum Gasteiger partial charge on any atom is -0.371 e. The quantitative estimate of drug-likeness (QED) is 0.632. The SMILES string of the molecule is CCN(CC)C(=O)CNc1cccc(C)c1[N+](=O)[O-]. The maximum atomic E-state index is 11.8.